The lowest BCUT2D eigenvalue weighted by Gasteiger charge is -2.17. The zero-order chi connectivity index (χ0) is 30.7. The molecule has 1 atom stereocenters. The van der Waals surface area contributed by atoms with Gasteiger partial charge in [-0.05, 0) is 56.5 Å². The lowest BCUT2D eigenvalue weighted by Crippen LogP contribution is -2.27. The maximum Gasteiger partial charge on any atom is 0.573 e. The molecule has 0 fully saturated rings. The molecule has 0 N–H and O–H groups in total. The van der Waals surface area contributed by atoms with Gasteiger partial charge in [0.25, 0.3) is 0 Å². The monoisotopic (exact) mass is 615 g/mol. The molecule has 0 aliphatic rings. The molecule has 0 aliphatic carbocycles. The van der Waals surface area contributed by atoms with Gasteiger partial charge in [-0.15, -0.1) is 31.4 Å². The van der Waals surface area contributed by atoms with E-state index < -0.39 is 18.4 Å². The number of ether oxygens (including phenoxy) is 4. The van der Waals surface area contributed by atoms with E-state index in [0.29, 0.717) is 33.2 Å². The molecule has 1 unspecified atom stereocenters. The average molecular weight is 617 g/mol. The van der Waals surface area contributed by atoms with Crippen LogP contribution in [0.3, 0.4) is 0 Å². The maximum absolute atomic E-state index is 12.8. The summed E-state index contributed by atoms with van der Waals surface area (Å²) in [7, 11) is 0. The first kappa shape index (κ1) is 33.9. The normalized spacial score (nSPS) is 12.2. The number of halogens is 5. The van der Waals surface area contributed by atoms with Gasteiger partial charge >= 0.3 is 12.3 Å². The number of hydrogen-bond donors (Lipinski definition) is 0. The highest BCUT2D eigenvalue weighted by Crippen LogP contribution is 2.37. The molecule has 2 aromatic carbocycles. The third-order valence-corrected chi connectivity index (χ3v) is 5.96. The van der Waals surface area contributed by atoms with Gasteiger partial charge in [-0.1, -0.05) is 43.7 Å². The number of hydrogen-bond acceptors (Lipinski definition) is 5. The second-order valence-electron chi connectivity index (χ2n) is 9.31. The minimum atomic E-state index is -4.82. The van der Waals surface area contributed by atoms with E-state index >= 15 is 0 Å². The predicted molar refractivity (Wildman–Crippen MR) is 156 cm³/mol. The quantitative estimate of drug-likeness (QED) is 0.0933. The fourth-order valence-corrected chi connectivity index (χ4v) is 3.80. The van der Waals surface area contributed by atoms with Gasteiger partial charge in [0.1, 0.15) is 11.5 Å². The molecule has 11 heteroatoms. The average Bonchev–Trinajstić information content (AvgIpc) is 3.16. The molecular weight excluding hydrogens is 582 g/mol. The SMILES string of the molecule is C/C=C/Oc1c(C)n(Cc2ccc(Cl)c(OC(C)C(=O)OCC(C)C)c2)c2cc(OC(F)(F)F)ccc12.C=CCCl. The number of benzene rings is 2. The number of allylic oxidation sites excluding steroid dienone is 2. The predicted octanol–water partition coefficient (Wildman–Crippen LogP) is 8.84. The summed E-state index contributed by atoms with van der Waals surface area (Å²) in [5.41, 5.74) is 1.92. The molecule has 0 saturated carbocycles. The topological polar surface area (TPSA) is 58.9 Å². The lowest BCUT2D eigenvalue weighted by molar-refractivity contribution is -0.274. The van der Waals surface area contributed by atoms with E-state index in [1.54, 1.807) is 44.2 Å². The van der Waals surface area contributed by atoms with Crippen LogP contribution >= 0.6 is 23.2 Å². The molecule has 3 rings (SSSR count). The minimum absolute atomic E-state index is 0.187. The summed E-state index contributed by atoms with van der Waals surface area (Å²) >= 11 is 11.4. The van der Waals surface area contributed by atoms with Crippen molar-refractivity contribution in [2.75, 3.05) is 12.5 Å². The van der Waals surface area contributed by atoms with Gasteiger partial charge in [-0.3, -0.25) is 0 Å². The van der Waals surface area contributed by atoms with E-state index in [-0.39, 0.29) is 30.6 Å². The van der Waals surface area contributed by atoms with Crippen molar-refractivity contribution in [1.29, 1.82) is 0 Å². The Labute approximate surface area is 248 Å². The number of esters is 1. The first-order valence-electron chi connectivity index (χ1n) is 12.8. The lowest BCUT2D eigenvalue weighted by atomic mass is 10.2. The second kappa shape index (κ2) is 15.6. The molecule has 0 radical (unpaired) electrons. The van der Waals surface area contributed by atoms with Crippen molar-refractivity contribution < 1.29 is 36.9 Å². The molecule has 1 aromatic heterocycles. The van der Waals surface area contributed by atoms with E-state index in [9.17, 15) is 18.0 Å². The first-order chi connectivity index (χ1) is 19.3. The van der Waals surface area contributed by atoms with Crippen LogP contribution in [0.2, 0.25) is 5.02 Å². The minimum Gasteiger partial charge on any atom is -0.477 e. The summed E-state index contributed by atoms with van der Waals surface area (Å²) in [4.78, 5) is 12.2. The van der Waals surface area contributed by atoms with Crippen LogP contribution in [-0.4, -0.2) is 35.5 Å². The highest BCUT2D eigenvalue weighted by Gasteiger charge is 2.31. The van der Waals surface area contributed by atoms with Crippen molar-refractivity contribution in [1.82, 2.24) is 4.57 Å². The van der Waals surface area contributed by atoms with Crippen molar-refractivity contribution in [3.8, 4) is 17.2 Å². The Morgan fingerprint density at radius 2 is 1.83 bits per heavy atom. The number of nitrogens with zero attached hydrogens (tertiary/aromatic N) is 1. The summed E-state index contributed by atoms with van der Waals surface area (Å²) in [5, 5.41) is 0.927. The largest absolute Gasteiger partial charge is 0.573 e. The van der Waals surface area contributed by atoms with Gasteiger partial charge < -0.3 is 23.5 Å². The third-order valence-electron chi connectivity index (χ3n) is 5.43. The van der Waals surface area contributed by atoms with Crippen molar-refractivity contribution in [2.45, 2.75) is 53.6 Å². The molecule has 0 amide bonds. The number of fused-ring (bicyclic) bond motifs is 1. The summed E-state index contributed by atoms with van der Waals surface area (Å²) in [5.74, 6) is 0.689. The standard InChI is InChI=1S/C27H29ClF3NO5.C3H5Cl/c1-6-11-34-25-17(4)32(23-13-20(8-9-21(23)25)37-27(29,30)31)14-19-7-10-22(28)24(12-19)36-18(5)26(33)35-15-16(2)3;1-2-3-4/h6-13,16,18H,14-15H2,1-5H3;2H,1,3H2/b11-6+;. The van der Waals surface area contributed by atoms with Crippen LogP contribution in [0.25, 0.3) is 10.9 Å². The van der Waals surface area contributed by atoms with Gasteiger partial charge in [0.2, 0.25) is 0 Å². The van der Waals surface area contributed by atoms with Crippen LogP contribution in [-0.2, 0) is 16.1 Å². The Morgan fingerprint density at radius 1 is 1.15 bits per heavy atom. The Morgan fingerprint density at radius 3 is 2.41 bits per heavy atom. The molecule has 0 bridgehead atoms. The number of carbonyl (C=O) groups is 1. The van der Waals surface area contributed by atoms with Crippen LogP contribution < -0.4 is 14.2 Å². The van der Waals surface area contributed by atoms with E-state index in [2.05, 4.69) is 11.3 Å². The van der Waals surface area contributed by atoms with Gasteiger partial charge in [0.05, 0.1) is 29.1 Å². The number of alkyl halides is 4. The number of aromatic nitrogens is 1. The highest BCUT2D eigenvalue weighted by molar-refractivity contribution is 6.32. The molecule has 0 saturated heterocycles. The zero-order valence-corrected chi connectivity index (χ0v) is 25.1. The van der Waals surface area contributed by atoms with Crippen LogP contribution in [0.5, 0.6) is 17.2 Å². The van der Waals surface area contributed by atoms with Gasteiger partial charge in [-0.2, -0.15) is 0 Å². The van der Waals surface area contributed by atoms with E-state index in [4.69, 9.17) is 37.4 Å². The van der Waals surface area contributed by atoms with Crippen LogP contribution in [0.15, 0.2) is 61.4 Å². The van der Waals surface area contributed by atoms with Crippen molar-refractivity contribution in [3.63, 3.8) is 0 Å². The van der Waals surface area contributed by atoms with Crippen LogP contribution in [0.4, 0.5) is 13.2 Å². The molecule has 41 heavy (non-hydrogen) atoms. The van der Waals surface area contributed by atoms with Crippen LogP contribution in [0.1, 0.15) is 39.0 Å². The Bertz CT molecular complexity index is 1350. The number of carbonyl (C=O) groups excluding carboxylic acids is 1. The van der Waals surface area contributed by atoms with Crippen LogP contribution in [0, 0.1) is 12.8 Å². The van der Waals surface area contributed by atoms with Crippen molar-refractivity contribution in [2.24, 2.45) is 5.92 Å². The zero-order valence-electron chi connectivity index (χ0n) is 23.6. The van der Waals surface area contributed by atoms with E-state index in [1.165, 1.54) is 24.5 Å². The summed E-state index contributed by atoms with van der Waals surface area (Å²) < 4.78 is 61.2. The molecule has 6 nitrogen and oxygen atoms in total. The highest BCUT2D eigenvalue weighted by atomic mass is 35.5. The Hall–Kier alpha value is -3.30. The molecule has 1 heterocycles. The molecule has 224 valence electrons. The Kier molecular flexibility index (Phi) is 12.9. The fraction of sp³-hybridized carbons (Fsp3) is 0.367. The summed E-state index contributed by atoms with van der Waals surface area (Å²) in [6.45, 7) is 12.9. The molecular formula is C30H34Cl2F3NO5. The van der Waals surface area contributed by atoms with Crippen molar-refractivity contribution >= 4 is 40.1 Å². The maximum atomic E-state index is 12.8. The molecule has 0 spiro atoms. The first-order valence-corrected chi connectivity index (χ1v) is 13.7. The second-order valence-corrected chi connectivity index (χ2v) is 10.0. The number of rotatable bonds is 11. The van der Waals surface area contributed by atoms with E-state index in [0.717, 1.165) is 5.56 Å². The summed E-state index contributed by atoms with van der Waals surface area (Å²) in [6.07, 6.45) is -0.856. The molecule has 3 aromatic rings. The van der Waals surface area contributed by atoms with Gasteiger partial charge in [0.15, 0.2) is 11.9 Å². The van der Waals surface area contributed by atoms with Gasteiger partial charge in [-0.25, -0.2) is 4.79 Å². The van der Waals surface area contributed by atoms with Gasteiger partial charge in [0, 0.05) is 23.9 Å². The Balaban J connectivity index is 0.00000138. The smallest absolute Gasteiger partial charge is 0.477 e. The molecule has 0 aliphatic heterocycles. The van der Waals surface area contributed by atoms with Crippen molar-refractivity contribution in [3.05, 3.63) is 77.7 Å². The summed E-state index contributed by atoms with van der Waals surface area (Å²) in [6, 6.07) is 9.18. The van der Waals surface area contributed by atoms with E-state index in [1.807, 2.05) is 25.3 Å². The third kappa shape index (κ3) is 10.2. The fourth-order valence-electron chi connectivity index (χ4n) is 3.63.